The maximum absolute atomic E-state index is 12.6. The zero-order valence-corrected chi connectivity index (χ0v) is 13.4. The summed E-state index contributed by atoms with van der Waals surface area (Å²) in [5, 5.41) is 0.0980. The van der Waals surface area contributed by atoms with Gasteiger partial charge in [-0.3, -0.25) is 4.79 Å². The van der Waals surface area contributed by atoms with Gasteiger partial charge in [-0.15, -0.1) is 0 Å². The summed E-state index contributed by atoms with van der Waals surface area (Å²) in [6, 6.07) is 7.20. The average Bonchev–Trinajstić information content (AvgIpc) is 2.49. The van der Waals surface area contributed by atoms with Crippen molar-refractivity contribution in [2.45, 2.75) is 19.5 Å². The molecule has 0 saturated carbocycles. The van der Waals surface area contributed by atoms with Crippen molar-refractivity contribution < 1.29 is 22.7 Å². The molecule has 0 saturated heterocycles. The van der Waals surface area contributed by atoms with Crippen molar-refractivity contribution in [2.75, 3.05) is 0 Å². The topological polar surface area (TPSA) is 26.3 Å². The molecule has 0 aliphatic heterocycles. The first-order valence-corrected chi connectivity index (χ1v) is 7.35. The van der Waals surface area contributed by atoms with Crippen molar-refractivity contribution in [2.24, 2.45) is 0 Å². The standard InChI is InChI=1S/C16H11Cl2F3O2/c1-2-14(22)11-8-10(4-5-12(11)17)23-15-6-3-9(7-13(15)18)16(19,20)21/h3-8H,2H2,1H3. The zero-order valence-electron chi connectivity index (χ0n) is 11.9. The third-order valence-corrected chi connectivity index (χ3v) is 3.67. The molecule has 2 aromatic rings. The van der Waals surface area contributed by atoms with E-state index in [1.165, 1.54) is 18.2 Å². The van der Waals surface area contributed by atoms with Crippen LogP contribution in [0.15, 0.2) is 36.4 Å². The summed E-state index contributed by atoms with van der Waals surface area (Å²) in [6.07, 6.45) is -4.21. The number of alkyl halides is 3. The van der Waals surface area contributed by atoms with Crippen molar-refractivity contribution in [3.05, 3.63) is 57.6 Å². The highest BCUT2D eigenvalue weighted by molar-refractivity contribution is 6.34. The second kappa shape index (κ2) is 6.81. The Labute approximate surface area is 140 Å². The van der Waals surface area contributed by atoms with Crippen LogP contribution in [0, 0.1) is 0 Å². The molecule has 0 radical (unpaired) electrons. The molecule has 0 unspecified atom stereocenters. The highest BCUT2D eigenvalue weighted by Gasteiger charge is 2.31. The summed E-state index contributed by atoms with van der Waals surface area (Å²) in [5.41, 5.74) is -0.581. The Hall–Kier alpha value is -1.72. The Morgan fingerprint density at radius 3 is 2.35 bits per heavy atom. The number of Topliss-reactive ketones (excluding diaryl/α,β-unsaturated/α-hetero) is 1. The van der Waals surface area contributed by atoms with Gasteiger partial charge in [0.25, 0.3) is 0 Å². The van der Waals surface area contributed by atoms with Gasteiger partial charge in [-0.1, -0.05) is 30.1 Å². The molecule has 122 valence electrons. The average molecular weight is 363 g/mol. The van der Waals surface area contributed by atoms with E-state index in [2.05, 4.69) is 0 Å². The van der Waals surface area contributed by atoms with Crippen LogP contribution in [-0.2, 0) is 6.18 Å². The number of carbonyl (C=O) groups is 1. The van der Waals surface area contributed by atoms with Crippen LogP contribution in [0.5, 0.6) is 11.5 Å². The predicted octanol–water partition coefficient (Wildman–Crippen LogP) is 6.40. The van der Waals surface area contributed by atoms with E-state index >= 15 is 0 Å². The molecule has 23 heavy (non-hydrogen) atoms. The van der Waals surface area contributed by atoms with Crippen molar-refractivity contribution in [1.82, 2.24) is 0 Å². The lowest BCUT2D eigenvalue weighted by molar-refractivity contribution is -0.137. The fraction of sp³-hybridized carbons (Fsp3) is 0.188. The first-order chi connectivity index (χ1) is 10.7. The highest BCUT2D eigenvalue weighted by Crippen LogP contribution is 2.37. The predicted molar refractivity (Wildman–Crippen MR) is 82.6 cm³/mol. The number of carbonyl (C=O) groups excluding carboxylic acids is 1. The minimum Gasteiger partial charge on any atom is -0.456 e. The van der Waals surface area contributed by atoms with Gasteiger partial charge in [-0.2, -0.15) is 13.2 Å². The Morgan fingerprint density at radius 1 is 1.09 bits per heavy atom. The van der Waals surface area contributed by atoms with Gasteiger partial charge in [0, 0.05) is 12.0 Å². The van der Waals surface area contributed by atoms with Gasteiger partial charge in [0.2, 0.25) is 0 Å². The molecular formula is C16H11Cl2F3O2. The maximum Gasteiger partial charge on any atom is 0.416 e. The van der Waals surface area contributed by atoms with E-state index in [0.29, 0.717) is 0 Å². The van der Waals surface area contributed by atoms with E-state index in [1.807, 2.05) is 0 Å². The molecule has 2 aromatic carbocycles. The quantitative estimate of drug-likeness (QED) is 0.588. The Kier molecular flexibility index (Phi) is 5.22. The lowest BCUT2D eigenvalue weighted by Crippen LogP contribution is -2.04. The van der Waals surface area contributed by atoms with E-state index in [9.17, 15) is 18.0 Å². The van der Waals surface area contributed by atoms with Gasteiger partial charge in [0.05, 0.1) is 15.6 Å². The van der Waals surface area contributed by atoms with E-state index in [1.54, 1.807) is 6.92 Å². The van der Waals surface area contributed by atoms with Gasteiger partial charge in [0.15, 0.2) is 5.78 Å². The Bertz CT molecular complexity index is 743. The number of hydrogen-bond donors (Lipinski definition) is 0. The van der Waals surface area contributed by atoms with Crippen LogP contribution in [0.1, 0.15) is 29.3 Å². The monoisotopic (exact) mass is 362 g/mol. The van der Waals surface area contributed by atoms with Crippen LogP contribution in [0.25, 0.3) is 0 Å². The first-order valence-electron chi connectivity index (χ1n) is 6.59. The van der Waals surface area contributed by atoms with E-state index in [-0.39, 0.29) is 39.3 Å². The van der Waals surface area contributed by atoms with Gasteiger partial charge in [0.1, 0.15) is 11.5 Å². The maximum atomic E-state index is 12.6. The summed E-state index contributed by atoms with van der Waals surface area (Å²) < 4.78 is 43.3. The van der Waals surface area contributed by atoms with Crippen molar-refractivity contribution in [3.8, 4) is 11.5 Å². The second-order valence-corrected chi connectivity index (χ2v) is 5.48. The molecule has 0 aromatic heterocycles. The van der Waals surface area contributed by atoms with Gasteiger partial charge < -0.3 is 4.74 Å². The summed E-state index contributed by atoms with van der Waals surface area (Å²) in [4.78, 5) is 11.8. The van der Waals surface area contributed by atoms with Crippen LogP contribution in [0.2, 0.25) is 10.0 Å². The number of halogens is 5. The Balaban J connectivity index is 2.31. The fourth-order valence-corrected chi connectivity index (χ4v) is 2.30. The van der Waals surface area contributed by atoms with E-state index < -0.39 is 11.7 Å². The molecule has 0 atom stereocenters. The zero-order chi connectivity index (χ0) is 17.2. The molecular weight excluding hydrogens is 352 g/mol. The molecule has 2 rings (SSSR count). The minimum absolute atomic E-state index is 0.0527. The molecule has 2 nitrogen and oxygen atoms in total. The van der Waals surface area contributed by atoms with Crippen LogP contribution in [0.4, 0.5) is 13.2 Å². The van der Waals surface area contributed by atoms with Gasteiger partial charge in [-0.05, 0) is 36.4 Å². The third kappa shape index (κ3) is 4.18. The molecule has 0 aliphatic carbocycles. The molecule has 0 fully saturated rings. The summed E-state index contributed by atoms with van der Waals surface area (Å²) in [5.74, 6) is 0.142. The summed E-state index contributed by atoms with van der Waals surface area (Å²) in [6.45, 7) is 1.69. The van der Waals surface area contributed by atoms with Crippen molar-refractivity contribution >= 4 is 29.0 Å². The smallest absolute Gasteiger partial charge is 0.416 e. The Morgan fingerprint density at radius 2 is 1.78 bits per heavy atom. The third-order valence-electron chi connectivity index (χ3n) is 3.05. The molecule has 0 aliphatic rings. The summed E-state index contributed by atoms with van der Waals surface area (Å²) >= 11 is 11.8. The lowest BCUT2D eigenvalue weighted by Gasteiger charge is -2.12. The van der Waals surface area contributed by atoms with Gasteiger partial charge >= 0.3 is 6.18 Å². The lowest BCUT2D eigenvalue weighted by atomic mass is 10.1. The molecule has 0 heterocycles. The van der Waals surface area contributed by atoms with Crippen LogP contribution in [-0.4, -0.2) is 5.78 Å². The van der Waals surface area contributed by atoms with Crippen molar-refractivity contribution in [3.63, 3.8) is 0 Å². The highest BCUT2D eigenvalue weighted by atomic mass is 35.5. The fourth-order valence-electron chi connectivity index (χ4n) is 1.86. The number of hydrogen-bond acceptors (Lipinski definition) is 2. The molecule has 0 spiro atoms. The largest absolute Gasteiger partial charge is 0.456 e. The summed E-state index contributed by atoms with van der Waals surface area (Å²) in [7, 11) is 0. The molecule has 7 heteroatoms. The molecule has 0 N–H and O–H groups in total. The second-order valence-electron chi connectivity index (χ2n) is 4.66. The van der Waals surface area contributed by atoms with E-state index in [4.69, 9.17) is 27.9 Å². The number of rotatable bonds is 4. The van der Waals surface area contributed by atoms with Gasteiger partial charge in [-0.25, -0.2) is 0 Å². The number of benzene rings is 2. The molecule has 0 bridgehead atoms. The van der Waals surface area contributed by atoms with E-state index in [0.717, 1.165) is 18.2 Å². The molecule has 0 amide bonds. The number of ether oxygens (including phenoxy) is 1. The van der Waals surface area contributed by atoms with Crippen LogP contribution < -0.4 is 4.74 Å². The first kappa shape index (κ1) is 17.6. The minimum atomic E-state index is -4.48. The van der Waals surface area contributed by atoms with Crippen LogP contribution in [0.3, 0.4) is 0 Å². The normalized spacial score (nSPS) is 11.4. The van der Waals surface area contributed by atoms with Crippen molar-refractivity contribution in [1.29, 1.82) is 0 Å². The number of ketones is 1. The van der Waals surface area contributed by atoms with Crippen LogP contribution >= 0.6 is 23.2 Å². The SMILES string of the molecule is CCC(=O)c1cc(Oc2ccc(C(F)(F)F)cc2Cl)ccc1Cl.